The van der Waals surface area contributed by atoms with Crippen molar-refractivity contribution in [3.8, 4) is 0 Å². The molecule has 0 saturated heterocycles. The number of benzene rings is 3. The van der Waals surface area contributed by atoms with Gasteiger partial charge in [-0.15, -0.1) is 0 Å². The molecule has 3 aromatic carbocycles. The van der Waals surface area contributed by atoms with Crippen molar-refractivity contribution >= 4 is 44.1 Å². The molecule has 0 aliphatic carbocycles. The molecule has 0 radical (unpaired) electrons. The normalized spacial score (nSPS) is 12.8. The van der Waals surface area contributed by atoms with Gasteiger partial charge in [0.2, 0.25) is 5.78 Å². The van der Waals surface area contributed by atoms with E-state index in [1.165, 1.54) is 6.26 Å². The maximum absolute atomic E-state index is 13.4. The molecule has 2 atom stereocenters. The highest BCUT2D eigenvalue weighted by Crippen LogP contribution is 2.32. The van der Waals surface area contributed by atoms with Crippen LogP contribution in [0.2, 0.25) is 0 Å². The molecular weight excluding hydrogens is 470 g/mol. The smallest absolute Gasteiger partial charge is 0.319 e. The molecule has 162 valence electrons. The van der Waals surface area contributed by atoms with Gasteiger partial charge in [0.1, 0.15) is 5.92 Å². The highest BCUT2D eigenvalue weighted by Gasteiger charge is 2.39. The van der Waals surface area contributed by atoms with Gasteiger partial charge < -0.3 is 14.5 Å². The summed E-state index contributed by atoms with van der Waals surface area (Å²) in [6, 6.07) is 24.0. The van der Waals surface area contributed by atoms with Crippen LogP contribution in [-0.2, 0) is 9.53 Å². The Labute approximate surface area is 194 Å². The Balaban J connectivity index is 1.78. The van der Waals surface area contributed by atoms with Crippen molar-refractivity contribution in [2.24, 2.45) is 5.92 Å². The molecule has 0 fully saturated rings. The topological polar surface area (TPSA) is 68.5 Å². The number of hydrogen-bond acceptors (Lipinski definition) is 5. The zero-order valence-electron chi connectivity index (χ0n) is 17.5. The average molecular weight is 492 g/mol. The van der Waals surface area contributed by atoms with Gasteiger partial charge in [0.15, 0.2) is 5.76 Å². The Hall–Kier alpha value is -3.38. The van der Waals surface area contributed by atoms with E-state index in [1.54, 1.807) is 19.1 Å². The SMILES string of the molecule is CCOC(=O)C(C(=O)c1ccco1)C(Nc1ccc2ccccc2c1)c1ccc(Br)cc1. The number of furan rings is 1. The Kier molecular flexibility index (Phi) is 6.71. The molecule has 4 rings (SSSR count). The Morgan fingerprint density at radius 2 is 1.72 bits per heavy atom. The minimum absolute atomic E-state index is 0.116. The Morgan fingerprint density at radius 3 is 2.41 bits per heavy atom. The van der Waals surface area contributed by atoms with Crippen LogP contribution in [0.4, 0.5) is 5.69 Å². The molecule has 0 saturated carbocycles. The summed E-state index contributed by atoms with van der Waals surface area (Å²) in [4.78, 5) is 26.4. The van der Waals surface area contributed by atoms with Crippen LogP contribution in [0.5, 0.6) is 0 Å². The maximum Gasteiger partial charge on any atom is 0.319 e. The first-order chi connectivity index (χ1) is 15.6. The van der Waals surface area contributed by atoms with Gasteiger partial charge >= 0.3 is 5.97 Å². The largest absolute Gasteiger partial charge is 0.465 e. The number of carbonyl (C=O) groups is 2. The average Bonchev–Trinajstić information content (AvgIpc) is 3.34. The second-order valence-corrected chi connectivity index (χ2v) is 8.22. The number of carbonyl (C=O) groups excluding carboxylic acids is 2. The zero-order valence-corrected chi connectivity index (χ0v) is 19.0. The van der Waals surface area contributed by atoms with Crippen LogP contribution in [-0.4, -0.2) is 18.4 Å². The summed E-state index contributed by atoms with van der Waals surface area (Å²) in [6.45, 7) is 1.89. The van der Waals surface area contributed by atoms with Crippen LogP contribution < -0.4 is 5.32 Å². The van der Waals surface area contributed by atoms with Gasteiger partial charge in [-0.25, -0.2) is 0 Å². The molecule has 1 N–H and O–H groups in total. The molecule has 6 heteroatoms. The minimum atomic E-state index is -1.13. The Morgan fingerprint density at radius 1 is 0.969 bits per heavy atom. The summed E-state index contributed by atoms with van der Waals surface area (Å²) in [6.07, 6.45) is 1.42. The molecule has 4 aromatic rings. The van der Waals surface area contributed by atoms with E-state index in [9.17, 15) is 9.59 Å². The fourth-order valence-electron chi connectivity index (χ4n) is 3.69. The van der Waals surface area contributed by atoms with Crippen molar-refractivity contribution in [2.75, 3.05) is 11.9 Å². The predicted octanol–water partition coefficient (Wildman–Crippen LogP) is 6.41. The number of rotatable bonds is 8. The van der Waals surface area contributed by atoms with Crippen LogP contribution in [0.25, 0.3) is 10.8 Å². The molecule has 5 nitrogen and oxygen atoms in total. The summed E-state index contributed by atoms with van der Waals surface area (Å²) in [7, 11) is 0. The Bertz CT molecular complexity index is 1220. The number of ketones is 1. The van der Waals surface area contributed by atoms with E-state index < -0.39 is 23.7 Å². The van der Waals surface area contributed by atoms with E-state index in [2.05, 4.69) is 21.2 Å². The summed E-state index contributed by atoms with van der Waals surface area (Å²) < 4.78 is 11.5. The second-order valence-electron chi connectivity index (χ2n) is 7.31. The standard InChI is InChI=1S/C26H22BrNO4/c1-2-31-26(30)23(25(29)22-8-5-15-32-22)24(18-9-12-20(27)13-10-18)28-21-14-11-17-6-3-4-7-19(17)16-21/h3-16,23-24,28H,2H2,1H3. The lowest BCUT2D eigenvalue weighted by Crippen LogP contribution is -2.35. The quantitative estimate of drug-likeness (QED) is 0.175. The third-order valence-electron chi connectivity index (χ3n) is 5.22. The van der Waals surface area contributed by atoms with E-state index in [4.69, 9.17) is 9.15 Å². The second kappa shape index (κ2) is 9.83. The summed E-state index contributed by atoms with van der Waals surface area (Å²) >= 11 is 3.45. The number of anilines is 1. The lowest BCUT2D eigenvalue weighted by molar-refractivity contribution is -0.146. The molecule has 0 bridgehead atoms. The monoisotopic (exact) mass is 491 g/mol. The van der Waals surface area contributed by atoms with Crippen molar-refractivity contribution in [3.05, 3.63) is 101 Å². The van der Waals surface area contributed by atoms with Crippen LogP contribution in [0.3, 0.4) is 0 Å². The first-order valence-electron chi connectivity index (χ1n) is 10.3. The van der Waals surface area contributed by atoms with Gasteiger partial charge in [-0.3, -0.25) is 9.59 Å². The summed E-state index contributed by atoms with van der Waals surface area (Å²) in [5, 5.41) is 5.57. The van der Waals surface area contributed by atoms with Crippen LogP contribution in [0.15, 0.2) is 94.0 Å². The molecule has 2 unspecified atom stereocenters. The van der Waals surface area contributed by atoms with Gasteiger partial charge in [0, 0.05) is 10.2 Å². The number of Topliss-reactive ketones (excluding diaryl/α,β-unsaturated/α-hetero) is 1. The number of halogens is 1. The minimum Gasteiger partial charge on any atom is -0.465 e. The number of hydrogen-bond donors (Lipinski definition) is 1. The highest BCUT2D eigenvalue weighted by atomic mass is 79.9. The van der Waals surface area contributed by atoms with Crippen LogP contribution >= 0.6 is 15.9 Å². The van der Waals surface area contributed by atoms with Gasteiger partial charge in [-0.1, -0.05) is 58.4 Å². The number of ether oxygens (including phenoxy) is 1. The molecule has 32 heavy (non-hydrogen) atoms. The van der Waals surface area contributed by atoms with Gasteiger partial charge in [0.05, 0.1) is 18.9 Å². The van der Waals surface area contributed by atoms with Gasteiger partial charge in [-0.2, -0.15) is 0 Å². The molecule has 0 aliphatic rings. The molecule has 1 heterocycles. The first kappa shape index (κ1) is 21.8. The lowest BCUT2D eigenvalue weighted by Gasteiger charge is -2.27. The van der Waals surface area contributed by atoms with Gasteiger partial charge in [-0.05, 0) is 59.7 Å². The van der Waals surface area contributed by atoms with Crippen molar-refractivity contribution in [1.29, 1.82) is 0 Å². The van der Waals surface area contributed by atoms with Crippen molar-refractivity contribution in [2.45, 2.75) is 13.0 Å². The predicted molar refractivity (Wildman–Crippen MR) is 128 cm³/mol. The maximum atomic E-state index is 13.4. The van der Waals surface area contributed by atoms with Crippen molar-refractivity contribution in [1.82, 2.24) is 0 Å². The van der Waals surface area contributed by atoms with E-state index in [1.807, 2.05) is 66.7 Å². The fourth-order valence-corrected chi connectivity index (χ4v) is 3.95. The van der Waals surface area contributed by atoms with Crippen LogP contribution in [0.1, 0.15) is 29.1 Å². The fraction of sp³-hybridized carbons (Fsp3) is 0.154. The molecule has 0 spiro atoms. The van der Waals surface area contributed by atoms with Gasteiger partial charge in [0.25, 0.3) is 0 Å². The zero-order chi connectivity index (χ0) is 22.5. The van der Waals surface area contributed by atoms with Crippen molar-refractivity contribution < 1.29 is 18.7 Å². The van der Waals surface area contributed by atoms with E-state index in [0.717, 1.165) is 26.5 Å². The number of esters is 1. The third kappa shape index (κ3) is 4.75. The number of fused-ring (bicyclic) bond motifs is 1. The molecule has 0 amide bonds. The van der Waals surface area contributed by atoms with E-state index in [-0.39, 0.29) is 12.4 Å². The van der Waals surface area contributed by atoms with Crippen molar-refractivity contribution in [3.63, 3.8) is 0 Å². The molecular formula is C26H22BrNO4. The molecule has 0 aliphatic heterocycles. The van der Waals surface area contributed by atoms with Crippen LogP contribution in [0, 0.1) is 5.92 Å². The third-order valence-corrected chi connectivity index (χ3v) is 5.75. The summed E-state index contributed by atoms with van der Waals surface area (Å²) in [5.41, 5.74) is 1.57. The van der Waals surface area contributed by atoms with E-state index >= 15 is 0 Å². The summed E-state index contributed by atoms with van der Waals surface area (Å²) in [5.74, 6) is -2.05. The highest BCUT2D eigenvalue weighted by molar-refractivity contribution is 9.10. The number of nitrogens with one attached hydrogen (secondary N) is 1. The lowest BCUT2D eigenvalue weighted by atomic mass is 9.88. The first-order valence-corrected chi connectivity index (χ1v) is 11.1. The van der Waals surface area contributed by atoms with E-state index in [0.29, 0.717) is 0 Å². The molecule has 1 aromatic heterocycles.